The topological polar surface area (TPSA) is 69.9 Å². The molecule has 0 unspecified atom stereocenters. The third-order valence-corrected chi connectivity index (χ3v) is 2.53. The van der Waals surface area contributed by atoms with Crippen molar-refractivity contribution in [3.05, 3.63) is 41.6 Å². The molecule has 0 spiro atoms. The van der Waals surface area contributed by atoms with E-state index in [0.717, 1.165) is 17.7 Å². The zero-order valence-corrected chi connectivity index (χ0v) is 9.35. The highest BCUT2D eigenvalue weighted by atomic mass is 15.3. The van der Waals surface area contributed by atoms with Gasteiger partial charge < -0.3 is 11.5 Å². The molecule has 0 atom stereocenters. The van der Waals surface area contributed by atoms with Crippen LogP contribution in [-0.2, 0) is 6.42 Å². The van der Waals surface area contributed by atoms with E-state index in [9.17, 15) is 0 Å². The maximum atomic E-state index is 5.81. The predicted molar refractivity (Wildman–Crippen MR) is 65.5 cm³/mol. The summed E-state index contributed by atoms with van der Waals surface area (Å²) in [5.74, 6) is 0.561. The first-order valence-electron chi connectivity index (χ1n) is 5.32. The molecule has 4 heteroatoms. The van der Waals surface area contributed by atoms with Crippen molar-refractivity contribution >= 4 is 5.82 Å². The Kier molecular flexibility index (Phi) is 2.92. The minimum Gasteiger partial charge on any atom is -0.382 e. The van der Waals surface area contributed by atoms with Crippen LogP contribution in [0.2, 0.25) is 0 Å². The number of hydrogen-bond acceptors (Lipinski definition) is 3. The second kappa shape index (κ2) is 4.37. The maximum Gasteiger partial charge on any atom is 0.149 e. The van der Waals surface area contributed by atoms with Gasteiger partial charge in [-0.05, 0) is 32.0 Å². The van der Waals surface area contributed by atoms with E-state index in [1.54, 1.807) is 4.68 Å². The molecule has 0 amide bonds. The molecule has 4 N–H and O–H groups in total. The van der Waals surface area contributed by atoms with E-state index in [2.05, 4.69) is 24.2 Å². The van der Waals surface area contributed by atoms with Gasteiger partial charge in [-0.25, -0.2) is 4.68 Å². The van der Waals surface area contributed by atoms with E-state index in [-0.39, 0.29) is 0 Å². The number of aryl methyl sites for hydroxylation is 1. The van der Waals surface area contributed by atoms with Crippen LogP contribution in [-0.4, -0.2) is 16.3 Å². The molecule has 0 saturated carbocycles. The van der Waals surface area contributed by atoms with E-state index in [0.29, 0.717) is 12.4 Å². The lowest BCUT2D eigenvalue weighted by Crippen LogP contribution is -2.03. The third kappa shape index (κ3) is 2.06. The Morgan fingerprint density at radius 1 is 1.25 bits per heavy atom. The number of nitrogen functional groups attached to an aromatic ring is 1. The second-order valence-corrected chi connectivity index (χ2v) is 3.86. The Labute approximate surface area is 94.9 Å². The van der Waals surface area contributed by atoms with Gasteiger partial charge in [-0.3, -0.25) is 0 Å². The Morgan fingerprint density at radius 2 is 1.94 bits per heavy atom. The first kappa shape index (κ1) is 10.7. The van der Waals surface area contributed by atoms with E-state index in [1.807, 2.05) is 18.3 Å². The van der Waals surface area contributed by atoms with Crippen LogP contribution in [0.3, 0.4) is 0 Å². The molecule has 1 aromatic carbocycles. The summed E-state index contributed by atoms with van der Waals surface area (Å²) in [5, 5.41) is 4.27. The van der Waals surface area contributed by atoms with Gasteiger partial charge in [0.2, 0.25) is 0 Å². The summed E-state index contributed by atoms with van der Waals surface area (Å²) in [4.78, 5) is 0. The van der Waals surface area contributed by atoms with Gasteiger partial charge in [0.25, 0.3) is 0 Å². The minimum atomic E-state index is 0.561. The van der Waals surface area contributed by atoms with Gasteiger partial charge in [-0.15, -0.1) is 0 Å². The number of nitrogens with zero attached hydrogens (tertiary/aromatic N) is 2. The van der Waals surface area contributed by atoms with E-state index >= 15 is 0 Å². The lowest BCUT2D eigenvalue weighted by molar-refractivity contribution is 0.882. The van der Waals surface area contributed by atoms with Gasteiger partial charge in [0.1, 0.15) is 5.82 Å². The summed E-state index contributed by atoms with van der Waals surface area (Å²) in [6.45, 7) is 2.64. The lowest BCUT2D eigenvalue weighted by Gasteiger charge is -2.00. The van der Waals surface area contributed by atoms with Crippen LogP contribution in [0, 0.1) is 6.92 Å². The molecule has 0 saturated heterocycles. The first-order chi connectivity index (χ1) is 7.70. The van der Waals surface area contributed by atoms with Crippen molar-refractivity contribution in [1.82, 2.24) is 9.78 Å². The number of aromatic nitrogens is 2. The van der Waals surface area contributed by atoms with Crippen molar-refractivity contribution in [2.75, 3.05) is 12.3 Å². The summed E-state index contributed by atoms with van der Waals surface area (Å²) < 4.78 is 1.79. The molecule has 0 bridgehead atoms. The Hall–Kier alpha value is -1.81. The average Bonchev–Trinajstić information content (AvgIpc) is 2.62. The number of nitrogens with two attached hydrogens (primary N) is 2. The molecule has 0 aliphatic carbocycles. The fourth-order valence-electron chi connectivity index (χ4n) is 1.60. The van der Waals surface area contributed by atoms with Crippen LogP contribution < -0.4 is 11.5 Å². The number of rotatable bonds is 3. The Balaban J connectivity index is 2.33. The van der Waals surface area contributed by atoms with Gasteiger partial charge in [-0.2, -0.15) is 5.10 Å². The summed E-state index contributed by atoms with van der Waals surface area (Å²) in [5.41, 5.74) is 14.6. The normalized spacial score (nSPS) is 10.6. The molecule has 84 valence electrons. The van der Waals surface area contributed by atoms with Gasteiger partial charge in [0, 0.05) is 11.8 Å². The number of anilines is 1. The molecule has 1 aromatic heterocycles. The third-order valence-electron chi connectivity index (χ3n) is 2.53. The largest absolute Gasteiger partial charge is 0.382 e. The Bertz CT molecular complexity index is 470. The summed E-state index contributed by atoms with van der Waals surface area (Å²) >= 11 is 0. The summed E-state index contributed by atoms with van der Waals surface area (Å²) in [7, 11) is 0. The maximum absolute atomic E-state index is 5.81. The molecule has 2 rings (SSSR count). The van der Waals surface area contributed by atoms with Crippen LogP contribution >= 0.6 is 0 Å². The van der Waals surface area contributed by atoms with Crippen molar-refractivity contribution in [3.8, 4) is 5.69 Å². The predicted octanol–water partition coefficient (Wildman–Crippen LogP) is 1.26. The van der Waals surface area contributed by atoms with Crippen molar-refractivity contribution in [2.45, 2.75) is 13.3 Å². The zero-order valence-electron chi connectivity index (χ0n) is 9.35. The quantitative estimate of drug-likeness (QED) is 0.811. The number of benzene rings is 1. The SMILES string of the molecule is Cc1ccc(-n2cc(CCN)c(N)n2)cc1. The number of hydrogen-bond donors (Lipinski definition) is 2. The molecule has 16 heavy (non-hydrogen) atoms. The van der Waals surface area contributed by atoms with E-state index in [1.165, 1.54) is 5.56 Å². The zero-order chi connectivity index (χ0) is 11.5. The van der Waals surface area contributed by atoms with Crippen molar-refractivity contribution < 1.29 is 0 Å². The molecule has 0 fully saturated rings. The minimum absolute atomic E-state index is 0.561. The van der Waals surface area contributed by atoms with Gasteiger partial charge in [-0.1, -0.05) is 17.7 Å². The van der Waals surface area contributed by atoms with E-state index < -0.39 is 0 Å². The highest BCUT2D eigenvalue weighted by molar-refractivity contribution is 5.42. The van der Waals surface area contributed by atoms with Gasteiger partial charge in [0.15, 0.2) is 0 Å². The van der Waals surface area contributed by atoms with Crippen molar-refractivity contribution in [2.24, 2.45) is 5.73 Å². The standard InChI is InChI=1S/C12H16N4/c1-9-2-4-11(5-3-9)16-8-10(6-7-13)12(14)15-16/h2-5,8H,6-7,13H2,1H3,(H2,14,15). The van der Waals surface area contributed by atoms with E-state index in [4.69, 9.17) is 11.5 Å². The van der Waals surface area contributed by atoms with Crippen LogP contribution in [0.5, 0.6) is 0 Å². The molecule has 1 heterocycles. The van der Waals surface area contributed by atoms with Crippen molar-refractivity contribution in [1.29, 1.82) is 0 Å². The van der Waals surface area contributed by atoms with Crippen LogP contribution in [0.25, 0.3) is 5.69 Å². The molecule has 0 aliphatic rings. The fourth-order valence-corrected chi connectivity index (χ4v) is 1.60. The smallest absolute Gasteiger partial charge is 0.149 e. The van der Waals surface area contributed by atoms with Crippen molar-refractivity contribution in [3.63, 3.8) is 0 Å². The van der Waals surface area contributed by atoms with Gasteiger partial charge in [0.05, 0.1) is 5.69 Å². The first-order valence-corrected chi connectivity index (χ1v) is 5.32. The summed E-state index contributed by atoms with van der Waals surface area (Å²) in [6, 6.07) is 8.15. The molecule has 4 nitrogen and oxygen atoms in total. The molecule has 2 aromatic rings. The van der Waals surface area contributed by atoms with Crippen LogP contribution in [0.4, 0.5) is 5.82 Å². The highest BCUT2D eigenvalue weighted by Crippen LogP contribution is 2.14. The van der Waals surface area contributed by atoms with Gasteiger partial charge >= 0.3 is 0 Å². The monoisotopic (exact) mass is 216 g/mol. The second-order valence-electron chi connectivity index (χ2n) is 3.86. The average molecular weight is 216 g/mol. The fraction of sp³-hybridized carbons (Fsp3) is 0.250. The van der Waals surface area contributed by atoms with Crippen LogP contribution in [0.1, 0.15) is 11.1 Å². The lowest BCUT2D eigenvalue weighted by atomic mass is 10.2. The molecule has 0 radical (unpaired) electrons. The molecular weight excluding hydrogens is 200 g/mol. The van der Waals surface area contributed by atoms with Crippen LogP contribution in [0.15, 0.2) is 30.5 Å². The summed E-state index contributed by atoms with van der Waals surface area (Å²) in [6.07, 6.45) is 2.70. The molecular formula is C12H16N4. The Morgan fingerprint density at radius 3 is 2.56 bits per heavy atom. The molecule has 0 aliphatic heterocycles. The highest BCUT2D eigenvalue weighted by Gasteiger charge is 2.05.